The number of hydrogen-bond acceptors (Lipinski definition) is 7. The van der Waals surface area contributed by atoms with Crippen LogP contribution in [0.5, 0.6) is 0 Å². The van der Waals surface area contributed by atoms with Crippen LogP contribution in [0.2, 0.25) is 5.02 Å². The summed E-state index contributed by atoms with van der Waals surface area (Å²) < 4.78 is 16.4. The van der Waals surface area contributed by atoms with E-state index < -0.39 is 11.8 Å². The van der Waals surface area contributed by atoms with Gasteiger partial charge >= 0.3 is 5.97 Å². The molecule has 5 rings (SSSR count). The fraction of sp³-hybridized carbons (Fsp3) is 0.192. The first-order valence-electron chi connectivity index (χ1n) is 11.8. The quantitative estimate of drug-likeness (QED) is 0.169. The molecule has 4 aromatic rings. The van der Waals surface area contributed by atoms with Crippen molar-refractivity contribution in [2.75, 3.05) is 0 Å². The lowest BCUT2D eigenvalue weighted by molar-refractivity contribution is -0.659. The second kappa shape index (κ2) is 10.7. The molecule has 9 nitrogen and oxygen atoms in total. The Bertz CT molecular complexity index is 1530. The van der Waals surface area contributed by atoms with E-state index in [1.54, 1.807) is 23.3 Å². The molecular formula is C26H24ClFN7O2S+. The van der Waals surface area contributed by atoms with Gasteiger partial charge in [-0.2, -0.15) is 0 Å². The molecule has 0 saturated heterocycles. The number of allylic oxidation sites excluding steroid dienone is 2. The maximum Gasteiger partial charge on any atom is 0.348 e. The molecule has 194 valence electrons. The number of benzene rings is 1. The van der Waals surface area contributed by atoms with Gasteiger partial charge in [0.25, 0.3) is 6.33 Å². The molecule has 2 atom stereocenters. The largest absolute Gasteiger partial charge is 0.477 e. The number of halogens is 2. The zero-order valence-corrected chi connectivity index (χ0v) is 21.8. The Balaban J connectivity index is 1.42. The average molecular weight is 553 g/mol. The number of H-pyrrole nitrogens is 1. The number of thiophene rings is 1. The number of carboxylic acid groups (broad SMARTS) is 1. The van der Waals surface area contributed by atoms with Gasteiger partial charge < -0.3 is 16.2 Å². The Labute approximate surface area is 226 Å². The SMILES string of the molecule is CC(N/C(=C\N)c1csc(C(=O)O)c1F)C(CC1=CC1)c1ccc(-c2cc(Cl)ccc2-[n+]2cnn[nH]2)cn1. The van der Waals surface area contributed by atoms with Gasteiger partial charge in [-0.3, -0.25) is 4.98 Å². The molecular weight excluding hydrogens is 529 g/mol. The number of aromatic amines is 1. The van der Waals surface area contributed by atoms with Crippen molar-refractivity contribution in [3.63, 3.8) is 0 Å². The topological polar surface area (TPSA) is 134 Å². The molecule has 0 spiro atoms. The number of hydrogen-bond donors (Lipinski definition) is 4. The maximum atomic E-state index is 14.7. The van der Waals surface area contributed by atoms with Crippen LogP contribution in [0.25, 0.3) is 22.5 Å². The van der Waals surface area contributed by atoms with Gasteiger partial charge in [0.05, 0.1) is 5.70 Å². The van der Waals surface area contributed by atoms with Gasteiger partial charge in [-0.15, -0.1) is 16.0 Å². The minimum absolute atomic E-state index is 0.0431. The zero-order chi connectivity index (χ0) is 26.8. The number of aromatic carboxylic acids is 1. The van der Waals surface area contributed by atoms with E-state index in [9.17, 15) is 14.3 Å². The summed E-state index contributed by atoms with van der Waals surface area (Å²) in [6, 6.07) is 9.30. The second-order valence-corrected chi connectivity index (χ2v) is 10.2. The van der Waals surface area contributed by atoms with Crippen molar-refractivity contribution >= 4 is 34.6 Å². The van der Waals surface area contributed by atoms with Crippen LogP contribution in [-0.2, 0) is 0 Å². The van der Waals surface area contributed by atoms with Crippen molar-refractivity contribution in [1.29, 1.82) is 0 Å². The Hall–Kier alpha value is -4.09. The van der Waals surface area contributed by atoms with E-state index >= 15 is 0 Å². The zero-order valence-electron chi connectivity index (χ0n) is 20.2. The molecule has 1 aromatic carbocycles. The number of nitrogens with one attached hydrogen (secondary N) is 2. The molecule has 0 aliphatic heterocycles. The normalized spacial score (nSPS) is 14.6. The highest BCUT2D eigenvalue weighted by molar-refractivity contribution is 7.12. The molecule has 12 heteroatoms. The highest BCUT2D eigenvalue weighted by Gasteiger charge is 2.27. The number of carbonyl (C=O) groups is 1. The molecule has 5 N–H and O–H groups in total. The minimum atomic E-state index is -1.31. The minimum Gasteiger partial charge on any atom is -0.477 e. The highest BCUT2D eigenvalue weighted by atomic mass is 35.5. The van der Waals surface area contributed by atoms with Gasteiger partial charge in [-0.1, -0.05) is 34.5 Å². The Kier molecular flexibility index (Phi) is 7.21. The standard InChI is InChI=1S/C26H23ClFN7O2S/c1-14(32-22(10-29)20-12-38-25(24(20)28)26(36)37)18(8-15-2-3-15)21-6-4-16(11-30-21)19-9-17(27)5-7-23(19)35-13-31-33-34-35/h2,4-7,9-14,18H,3,8H2,1H3,(H4,29,32,33,34,36,37)/p+1. The summed E-state index contributed by atoms with van der Waals surface area (Å²) in [5, 5.41) is 25.0. The number of carboxylic acids is 1. The third kappa shape index (κ3) is 5.29. The summed E-state index contributed by atoms with van der Waals surface area (Å²) >= 11 is 7.13. The lowest BCUT2D eigenvalue weighted by Crippen LogP contribution is -2.33. The van der Waals surface area contributed by atoms with Crippen molar-refractivity contribution in [3.05, 3.63) is 93.1 Å². The van der Waals surface area contributed by atoms with Crippen molar-refractivity contribution in [3.8, 4) is 16.8 Å². The number of nitrogens with two attached hydrogens (primary N) is 1. The number of aromatic nitrogens is 5. The predicted molar refractivity (Wildman–Crippen MR) is 142 cm³/mol. The Morgan fingerprint density at radius 3 is 2.82 bits per heavy atom. The summed E-state index contributed by atoms with van der Waals surface area (Å²) in [5.41, 5.74) is 11.0. The van der Waals surface area contributed by atoms with Crippen LogP contribution in [-0.4, -0.2) is 37.6 Å². The molecule has 3 heterocycles. The first-order chi connectivity index (χ1) is 18.4. The summed E-state index contributed by atoms with van der Waals surface area (Å²) in [4.78, 5) is 15.7. The van der Waals surface area contributed by atoms with Crippen LogP contribution in [0.1, 0.15) is 46.6 Å². The van der Waals surface area contributed by atoms with Gasteiger partial charge in [0.2, 0.25) is 0 Å². The molecule has 0 amide bonds. The van der Waals surface area contributed by atoms with Gasteiger partial charge in [-0.05, 0) is 44.0 Å². The third-order valence-electron chi connectivity index (χ3n) is 6.42. The van der Waals surface area contributed by atoms with E-state index in [4.69, 9.17) is 22.3 Å². The summed E-state index contributed by atoms with van der Waals surface area (Å²) in [5.74, 6) is -2.15. The van der Waals surface area contributed by atoms with Gasteiger partial charge in [-0.25, -0.2) is 9.18 Å². The molecule has 38 heavy (non-hydrogen) atoms. The molecule has 2 unspecified atom stereocenters. The van der Waals surface area contributed by atoms with Crippen LogP contribution in [0, 0.1) is 5.82 Å². The molecule has 0 radical (unpaired) electrons. The van der Waals surface area contributed by atoms with E-state index in [0.717, 1.165) is 46.7 Å². The molecule has 0 fully saturated rings. The summed E-state index contributed by atoms with van der Waals surface area (Å²) in [6.45, 7) is 1.98. The van der Waals surface area contributed by atoms with Gasteiger partial charge in [0, 0.05) is 57.1 Å². The lowest BCUT2D eigenvalue weighted by Gasteiger charge is -2.26. The van der Waals surface area contributed by atoms with E-state index in [0.29, 0.717) is 10.7 Å². The number of tetrazole rings is 1. The fourth-order valence-electron chi connectivity index (χ4n) is 4.32. The highest BCUT2D eigenvalue weighted by Crippen LogP contribution is 2.36. The van der Waals surface area contributed by atoms with Crippen molar-refractivity contribution in [1.82, 2.24) is 25.8 Å². The molecule has 1 aliphatic rings. The number of pyridine rings is 1. The average Bonchev–Trinajstić information content (AvgIpc) is 3.40. The molecule has 0 bridgehead atoms. The van der Waals surface area contributed by atoms with Crippen LogP contribution in [0.3, 0.4) is 0 Å². The van der Waals surface area contributed by atoms with Crippen molar-refractivity contribution < 1.29 is 19.0 Å². The lowest BCUT2D eigenvalue weighted by atomic mass is 9.90. The van der Waals surface area contributed by atoms with E-state index in [2.05, 4.69) is 26.9 Å². The third-order valence-corrected chi connectivity index (χ3v) is 7.59. The monoisotopic (exact) mass is 552 g/mol. The maximum absolute atomic E-state index is 14.7. The Morgan fingerprint density at radius 1 is 1.39 bits per heavy atom. The van der Waals surface area contributed by atoms with E-state index in [1.807, 2.05) is 31.2 Å². The number of nitrogens with zero attached hydrogens (tertiary/aromatic N) is 4. The van der Waals surface area contributed by atoms with Crippen LogP contribution < -0.4 is 15.7 Å². The van der Waals surface area contributed by atoms with E-state index in [-0.39, 0.29) is 22.4 Å². The number of rotatable bonds is 10. The second-order valence-electron chi connectivity index (χ2n) is 8.92. The van der Waals surface area contributed by atoms with Crippen LogP contribution in [0.4, 0.5) is 4.39 Å². The van der Waals surface area contributed by atoms with Gasteiger partial charge in [0.15, 0.2) is 11.0 Å². The first kappa shape index (κ1) is 25.6. The van der Waals surface area contributed by atoms with E-state index in [1.165, 1.54) is 17.2 Å². The smallest absolute Gasteiger partial charge is 0.348 e. The van der Waals surface area contributed by atoms with Crippen LogP contribution in [0.15, 0.2) is 66.1 Å². The fourth-order valence-corrected chi connectivity index (χ4v) is 5.27. The molecule has 1 aliphatic carbocycles. The van der Waals surface area contributed by atoms with Crippen molar-refractivity contribution in [2.45, 2.75) is 31.7 Å². The Morgan fingerprint density at radius 2 is 2.21 bits per heavy atom. The van der Waals surface area contributed by atoms with Crippen LogP contribution >= 0.6 is 22.9 Å². The summed E-state index contributed by atoms with van der Waals surface area (Å²) in [6.07, 6.45) is 8.54. The molecule has 3 aromatic heterocycles. The molecule has 0 saturated carbocycles. The first-order valence-corrected chi connectivity index (χ1v) is 13.0. The van der Waals surface area contributed by atoms with Crippen molar-refractivity contribution in [2.24, 2.45) is 5.73 Å². The predicted octanol–water partition coefficient (Wildman–Crippen LogP) is 4.43. The van der Waals surface area contributed by atoms with Gasteiger partial charge in [0.1, 0.15) is 15.7 Å². The summed E-state index contributed by atoms with van der Waals surface area (Å²) in [7, 11) is 0.